The lowest BCUT2D eigenvalue weighted by atomic mass is 10.1. The van der Waals surface area contributed by atoms with Crippen LogP contribution in [0.1, 0.15) is 15.9 Å². The van der Waals surface area contributed by atoms with Crippen molar-refractivity contribution in [1.82, 2.24) is 9.88 Å². The Hall–Kier alpha value is -2.71. The maximum atomic E-state index is 12.6. The third kappa shape index (κ3) is 3.86. The van der Waals surface area contributed by atoms with Gasteiger partial charge in [0.05, 0.1) is 10.5 Å². The van der Waals surface area contributed by atoms with Crippen molar-refractivity contribution in [1.29, 1.82) is 0 Å². The normalized spacial score (nSPS) is 17.4. The number of hydrogen-bond acceptors (Lipinski definition) is 6. The molecule has 0 bridgehead atoms. The average molecular weight is 371 g/mol. The number of aromatic nitrogens is 1. The van der Waals surface area contributed by atoms with Crippen molar-refractivity contribution in [2.75, 3.05) is 6.54 Å². The van der Waals surface area contributed by atoms with E-state index in [1.807, 2.05) is 5.38 Å². The highest BCUT2D eigenvalue weighted by Crippen LogP contribution is 2.34. The molecule has 0 atom stereocenters. The first-order valence-electron chi connectivity index (χ1n) is 7.22. The van der Waals surface area contributed by atoms with Gasteiger partial charge in [-0.1, -0.05) is 18.2 Å². The van der Waals surface area contributed by atoms with Crippen molar-refractivity contribution in [3.63, 3.8) is 0 Å². The summed E-state index contributed by atoms with van der Waals surface area (Å²) >= 11 is 2.65. The summed E-state index contributed by atoms with van der Waals surface area (Å²) in [5.41, 5.74) is 0.946. The number of hydrogen-bond donors (Lipinski definition) is 1. The first-order chi connectivity index (χ1) is 12.1. The Kier molecular flexibility index (Phi) is 5.11. The molecular weight excluding hydrogens is 358 g/mol. The Morgan fingerprint density at radius 1 is 1.36 bits per heavy atom. The number of benzene rings is 1. The molecule has 1 aliphatic rings. The molecule has 3 rings (SSSR count). The molecule has 1 saturated heterocycles. The molecule has 1 aromatic carbocycles. The average Bonchev–Trinajstić information content (AvgIpc) is 3.20. The van der Waals surface area contributed by atoms with E-state index in [9.17, 15) is 9.59 Å². The molecule has 1 amide bonds. The van der Waals surface area contributed by atoms with E-state index < -0.39 is 5.97 Å². The van der Waals surface area contributed by atoms with Crippen molar-refractivity contribution < 1.29 is 14.7 Å². The van der Waals surface area contributed by atoms with E-state index in [0.29, 0.717) is 21.7 Å². The van der Waals surface area contributed by atoms with Crippen LogP contribution in [0.3, 0.4) is 0 Å². The van der Waals surface area contributed by atoms with Gasteiger partial charge in [-0.15, -0.1) is 17.9 Å². The molecule has 1 aromatic heterocycles. The fourth-order valence-corrected chi connectivity index (χ4v) is 3.66. The van der Waals surface area contributed by atoms with E-state index in [2.05, 4.69) is 16.6 Å². The van der Waals surface area contributed by atoms with E-state index in [-0.39, 0.29) is 11.5 Å². The molecule has 1 aliphatic heterocycles. The van der Waals surface area contributed by atoms with Gasteiger partial charge < -0.3 is 5.11 Å². The highest BCUT2D eigenvalue weighted by atomic mass is 32.2. The second-order valence-electron chi connectivity index (χ2n) is 4.95. The first kappa shape index (κ1) is 17.1. The van der Waals surface area contributed by atoms with Crippen LogP contribution in [-0.4, -0.2) is 38.6 Å². The van der Waals surface area contributed by atoms with Gasteiger partial charge in [0.2, 0.25) is 5.13 Å². The quantitative estimate of drug-likeness (QED) is 0.641. The summed E-state index contributed by atoms with van der Waals surface area (Å²) in [5.74, 6) is -1.15. The van der Waals surface area contributed by atoms with Gasteiger partial charge in [0, 0.05) is 18.1 Å². The van der Waals surface area contributed by atoms with E-state index in [1.165, 1.54) is 40.1 Å². The summed E-state index contributed by atoms with van der Waals surface area (Å²) in [4.78, 5) is 34.1. The number of carbonyl (C=O) groups excluding carboxylic acids is 1. The Morgan fingerprint density at radius 2 is 2.12 bits per heavy atom. The molecule has 0 spiro atoms. The van der Waals surface area contributed by atoms with Crippen LogP contribution in [0.4, 0.5) is 5.13 Å². The van der Waals surface area contributed by atoms with Crippen LogP contribution in [0.5, 0.6) is 0 Å². The summed E-state index contributed by atoms with van der Waals surface area (Å²) in [6.45, 7) is 4.03. The summed E-state index contributed by atoms with van der Waals surface area (Å²) < 4.78 is 0. The SMILES string of the molecule is C=CCN1C(=O)/C(=C\c2ccc(C(=O)O)cc2)SC1=Nc1nccs1. The maximum absolute atomic E-state index is 12.6. The number of carboxylic acid groups (broad SMARTS) is 1. The van der Waals surface area contributed by atoms with Gasteiger partial charge in [-0.05, 0) is 35.5 Å². The fourth-order valence-electron chi connectivity index (χ4n) is 2.11. The number of rotatable bonds is 5. The molecule has 6 nitrogen and oxygen atoms in total. The van der Waals surface area contributed by atoms with Crippen LogP contribution in [0.25, 0.3) is 6.08 Å². The lowest BCUT2D eigenvalue weighted by Crippen LogP contribution is -2.29. The first-order valence-corrected chi connectivity index (χ1v) is 8.92. The molecule has 0 radical (unpaired) electrons. The molecule has 126 valence electrons. The standard InChI is InChI=1S/C17H13N3O3S2/c1-2-8-20-14(21)13(25-17(20)19-16-18-7-9-24-16)10-11-3-5-12(6-4-11)15(22)23/h2-7,9-10H,1,8H2,(H,22,23)/b13-10+,19-17?. The smallest absolute Gasteiger partial charge is 0.335 e. The molecular formula is C17H13N3O3S2. The van der Waals surface area contributed by atoms with Crippen molar-refractivity contribution in [3.8, 4) is 0 Å². The van der Waals surface area contributed by atoms with Crippen molar-refractivity contribution >= 4 is 51.4 Å². The maximum Gasteiger partial charge on any atom is 0.335 e. The molecule has 2 aromatic rings. The minimum absolute atomic E-state index is 0.164. The summed E-state index contributed by atoms with van der Waals surface area (Å²) in [5, 5.41) is 11.9. The zero-order valence-corrected chi connectivity index (χ0v) is 14.6. The van der Waals surface area contributed by atoms with Crippen molar-refractivity contribution in [2.45, 2.75) is 0 Å². The molecule has 25 heavy (non-hydrogen) atoms. The number of thioether (sulfide) groups is 1. The Morgan fingerprint density at radius 3 is 2.72 bits per heavy atom. The lowest BCUT2D eigenvalue weighted by Gasteiger charge is -2.11. The van der Waals surface area contributed by atoms with Crippen molar-refractivity contribution in [3.05, 3.63) is 64.5 Å². The largest absolute Gasteiger partial charge is 0.478 e. The summed E-state index contributed by atoms with van der Waals surface area (Å²) in [6, 6.07) is 6.34. The number of aromatic carboxylic acids is 1. The molecule has 2 heterocycles. The number of amides is 1. The van der Waals surface area contributed by atoms with Gasteiger partial charge in [0.25, 0.3) is 5.91 Å². The Labute approximate surface area is 152 Å². The van der Waals surface area contributed by atoms with Gasteiger partial charge in [-0.3, -0.25) is 9.69 Å². The molecule has 1 fully saturated rings. The zero-order valence-electron chi connectivity index (χ0n) is 13.0. The summed E-state index contributed by atoms with van der Waals surface area (Å²) in [6.07, 6.45) is 5.02. The van der Waals surface area contributed by atoms with E-state index in [1.54, 1.807) is 30.5 Å². The van der Waals surface area contributed by atoms with E-state index >= 15 is 0 Å². The predicted molar refractivity (Wildman–Crippen MR) is 100 cm³/mol. The minimum Gasteiger partial charge on any atom is -0.478 e. The Balaban J connectivity index is 1.90. The topological polar surface area (TPSA) is 82.9 Å². The van der Waals surface area contributed by atoms with Crippen LogP contribution in [0, 0.1) is 0 Å². The highest BCUT2D eigenvalue weighted by molar-refractivity contribution is 8.18. The molecule has 8 heteroatoms. The number of amidine groups is 1. The second kappa shape index (κ2) is 7.45. The minimum atomic E-state index is -0.986. The van der Waals surface area contributed by atoms with Crippen molar-refractivity contribution in [2.24, 2.45) is 4.99 Å². The summed E-state index contributed by atoms with van der Waals surface area (Å²) in [7, 11) is 0. The third-order valence-corrected chi connectivity index (χ3v) is 4.94. The van der Waals surface area contributed by atoms with Crippen LogP contribution < -0.4 is 0 Å². The number of thiazole rings is 1. The van der Waals surface area contributed by atoms with Gasteiger partial charge in [-0.25, -0.2) is 9.78 Å². The van der Waals surface area contributed by atoms with Crippen LogP contribution >= 0.6 is 23.1 Å². The van der Waals surface area contributed by atoms with Crippen LogP contribution in [-0.2, 0) is 4.79 Å². The second-order valence-corrected chi connectivity index (χ2v) is 6.83. The highest BCUT2D eigenvalue weighted by Gasteiger charge is 2.32. The zero-order chi connectivity index (χ0) is 17.8. The molecule has 0 saturated carbocycles. The van der Waals surface area contributed by atoms with Gasteiger partial charge in [-0.2, -0.15) is 4.99 Å². The molecule has 1 N–H and O–H groups in total. The van der Waals surface area contributed by atoms with Crippen LogP contribution in [0.2, 0.25) is 0 Å². The van der Waals surface area contributed by atoms with Gasteiger partial charge >= 0.3 is 5.97 Å². The predicted octanol–water partition coefficient (Wildman–Crippen LogP) is 3.63. The molecule has 0 aliphatic carbocycles. The number of carbonyl (C=O) groups is 2. The fraction of sp³-hybridized carbons (Fsp3) is 0.0588. The number of nitrogens with zero attached hydrogens (tertiary/aromatic N) is 3. The number of aliphatic imine (C=N–C) groups is 1. The monoisotopic (exact) mass is 371 g/mol. The van der Waals surface area contributed by atoms with Gasteiger partial charge in [0.1, 0.15) is 0 Å². The number of carboxylic acids is 1. The van der Waals surface area contributed by atoms with Crippen LogP contribution in [0.15, 0.2) is 58.4 Å². The van der Waals surface area contributed by atoms with E-state index in [0.717, 1.165) is 5.56 Å². The van der Waals surface area contributed by atoms with Gasteiger partial charge in [0.15, 0.2) is 5.17 Å². The van der Waals surface area contributed by atoms with E-state index in [4.69, 9.17) is 5.11 Å². The Bertz CT molecular complexity index is 871. The molecule has 0 unspecified atom stereocenters. The lowest BCUT2D eigenvalue weighted by molar-refractivity contribution is -0.121. The third-order valence-electron chi connectivity index (χ3n) is 3.27.